The van der Waals surface area contributed by atoms with Crippen LogP contribution in [0.15, 0.2) is 24.3 Å². The van der Waals surface area contributed by atoms with Crippen LogP contribution in [0.2, 0.25) is 0 Å². The molecule has 1 heterocycles. The second-order valence-corrected chi connectivity index (χ2v) is 5.03. The van der Waals surface area contributed by atoms with Crippen LogP contribution in [0.25, 0.3) is 0 Å². The Hall–Kier alpha value is -2.63. The number of nitrogens with zero attached hydrogens (tertiary/aromatic N) is 2. The first-order valence-electron chi connectivity index (χ1n) is 6.98. The highest BCUT2D eigenvalue weighted by Crippen LogP contribution is 2.16. The van der Waals surface area contributed by atoms with E-state index in [0.717, 1.165) is 16.9 Å². The molecule has 0 amide bonds. The average molecular weight is 301 g/mol. The highest BCUT2D eigenvalue weighted by Gasteiger charge is 2.10. The average Bonchev–Trinajstić information content (AvgIpc) is 2.45. The first-order valence-corrected chi connectivity index (χ1v) is 6.98. The molecule has 2 aromatic rings. The van der Waals surface area contributed by atoms with Crippen molar-refractivity contribution in [3.05, 3.63) is 46.9 Å². The number of aromatic carboxylic acids is 1. The molecule has 0 aliphatic rings. The van der Waals surface area contributed by atoms with E-state index in [1.54, 1.807) is 7.05 Å². The van der Waals surface area contributed by atoms with Crippen LogP contribution < -0.4 is 10.1 Å². The van der Waals surface area contributed by atoms with Crippen molar-refractivity contribution in [2.24, 2.45) is 0 Å². The number of rotatable bonds is 6. The van der Waals surface area contributed by atoms with E-state index in [2.05, 4.69) is 21.4 Å². The van der Waals surface area contributed by atoms with Crippen molar-refractivity contribution in [3.8, 4) is 5.75 Å². The maximum atomic E-state index is 11.0. The quantitative estimate of drug-likeness (QED) is 0.852. The summed E-state index contributed by atoms with van der Waals surface area (Å²) in [5.41, 5.74) is 2.24. The zero-order valence-electron chi connectivity index (χ0n) is 12.9. The molecule has 116 valence electrons. The lowest BCUT2D eigenvalue weighted by Gasteiger charge is -2.09. The monoisotopic (exact) mass is 301 g/mol. The maximum absolute atomic E-state index is 11.0. The molecule has 0 saturated heterocycles. The third-order valence-electron chi connectivity index (χ3n) is 3.04. The van der Waals surface area contributed by atoms with Crippen molar-refractivity contribution in [2.45, 2.75) is 20.3 Å². The Morgan fingerprint density at radius 3 is 2.45 bits per heavy atom. The van der Waals surface area contributed by atoms with E-state index in [9.17, 15) is 4.79 Å². The summed E-state index contributed by atoms with van der Waals surface area (Å²) in [5.74, 6) is 0.638. The summed E-state index contributed by atoms with van der Waals surface area (Å²) in [4.78, 5) is 19.3. The van der Waals surface area contributed by atoms with Gasteiger partial charge in [-0.25, -0.2) is 14.8 Å². The minimum absolute atomic E-state index is 0.0271. The van der Waals surface area contributed by atoms with Crippen molar-refractivity contribution < 1.29 is 14.6 Å². The van der Waals surface area contributed by atoms with Gasteiger partial charge in [-0.3, -0.25) is 0 Å². The van der Waals surface area contributed by atoms with Crippen molar-refractivity contribution >= 4 is 11.8 Å². The van der Waals surface area contributed by atoms with Gasteiger partial charge in [-0.1, -0.05) is 6.07 Å². The van der Waals surface area contributed by atoms with Gasteiger partial charge < -0.3 is 15.2 Å². The molecular formula is C16H19N3O3. The van der Waals surface area contributed by atoms with Crippen LogP contribution in [0.1, 0.15) is 27.4 Å². The molecule has 0 atom stereocenters. The number of aryl methyl sites for hydroxylation is 2. The van der Waals surface area contributed by atoms with E-state index in [0.29, 0.717) is 24.7 Å². The topological polar surface area (TPSA) is 84.3 Å². The second kappa shape index (κ2) is 6.89. The standard InChI is InChI=1S/C16H19N3O3/c1-10-6-11(2)8-12(7-10)22-5-4-14-18-13(16(20)21)9-15(17-3)19-14/h6-9H,4-5H2,1-3H3,(H,20,21)(H,17,18,19). The van der Waals surface area contributed by atoms with Gasteiger partial charge in [-0.05, 0) is 37.1 Å². The lowest BCUT2D eigenvalue weighted by atomic mass is 10.1. The van der Waals surface area contributed by atoms with Gasteiger partial charge in [-0.15, -0.1) is 0 Å². The number of benzene rings is 1. The number of anilines is 1. The third-order valence-corrected chi connectivity index (χ3v) is 3.04. The van der Waals surface area contributed by atoms with Gasteiger partial charge in [-0.2, -0.15) is 0 Å². The lowest BCUT2D eigenvalue weighted by Crippen LogP contribution is -2.11. The summed E-state index contributed by atoms with van der Waals surface area (Å²) in [6, 6.07) is 7.39. The van der Waals surface area contributed by atoms with E-state index in [1.807, 2.05) is 26.0 Å². The van der Waals surface area contributed by atoms with Crippen LogP contribution >= 0.6 is 0 Å². The molecule has 0 aliphatic carbocycles. The Labute approximate surface area is 129 Å². The van der Waals surface area contributed by atoms with Crippen LogP contribution in [0.4, 0.5) is 5.82 Å². The van der Waals surface area contributed by atoms with Gasteiger partial charge in [0.2, 0.25) is 0 Å². The molecule has 1 aromatic heterocycles. The molecule has 0 unspecified atom stereocenters. The zero-order valence-corrected chi connectivity index (χ0v) is 12.9. The Morgan fingerprint density at radius 1 is 1.18 bits per heavy atom. The predicted molar refractivity (Wildman–Crippen MR) is 83.7 cm³/mol. The highest BCUT2D eigenvalue weighted by atomic mass is 16.5. The van der Waals surface area contributed by atoms with Crippen molar-refractivity contribution in [1.82, 2.24) is 9.97 Å². The summed E-state index contributed by atoms with van der Waals surface area (Å²) < 4.78 is 5.70. The van der Waals surface area contributed by atoms with Crippen molar-refractivity contribution in [3.63, 3.8) is 0 Å². The maximum Gasteiger partial charge on any atom is 0.354 e. The molecule has 0 fully saturated rings. The molecule has 1 aromatic carbocycles. The predicted octanol–water partition coefficient (Wildman–Crippen LogP) is 2.45. The normalized spacial score (nSPS) is 10.3. The number of hydrogen-bond donors (Lipinski definition) is 2. The van der Waals surface area contributed by atoms with Crippen LogP contribution in [-0.4, -0.2) is 34.7 Å². The Bertz CT molecular complexity index is 666. The van der Waals surface area contributed by atoms with Gasteiger partial charge in [0, 0.05) is 19.5 Å². The summed E-state index contributed by atoms with van der Waals surface area (Å²) >= 11 is 0. The number of aromatic nitrogens is 2. The Balaban J connectivity index is 2.04. The SMILES string of the molecule is CNc1cc(C(=O)O)nc(CCOc2cc(C)cc(C)c2)n1. The van der Waals surface area contributed by atoms with Crippen LogP contribution in [-0.2, 0) is 6.42 Å². The molecule has 2 rings (SSSR count). The van der Waals surface area contributed by atoms with E-state index >= 15 is 0 Å². The molecule has 6 nitrogen and oxygen atoms in total. The molecule has 22 heavy (non-hydrogen) atoms. The number of carbonyl (C=O) groups is 1. The molecule has 2 N–H and O–H groups in total. The van der Waals surface area contributed by atoms with E-state index in [1.165, 1.54) is 6.07 Å². The summed E-state index contributed by atoms with van der Waals surface area (Å²) in [6.45, 7) is 4.41. The molecule has 0 bridgehead atoms. The number of hydrogen-bond acceptors (Lipinski definition) is 5. The second-order valence-electron chi connectivity index (χ2n) is 5.03. The molecule has 0 spiro atoms. The fourth-order valence-corrected chi connectivity index (χ4v) is 2.12. The van der Waals surface area contributed by atoms with Crippen LogP contribution in [0.5, 0.6) is 5.75 Å². The van der Waals surface area contributed by atoms with E-state index in [4.69, 9.17) is 9.84 Å². The summed E-state index contributed by atoms with van der Waals surface area (Å²) in [7, 11) is 1.68. The van der Waals surface area contributed by atoms with Gasteiger partial charge >= 0.3 is 5.97 Å². The minimum atomic E-state index is -1.07. The molecule has 0 aliphatic heterocycles. The lowest BCUT2D eigenvalue weighted by molar-refractivity contribution is 0.0690. The van der Waals surface area contributed by atoms with Gasteiger partial charge in [0.25, 0.3) is 0 Å². The van der Waals surface area contributed by atoms with Crippen LogP contribution in [0.3, 0.4) is 0 Å². The molecule has 0 saturated carbocycles. The fourth-order valence-electron chi connectivity index (χ4n) is 2.12. The minimum Gasteiger partial charge on any atom is -0.493 e. The number of nitrogens with one attached hydrogen (secondary N) is 1. The number of carboxylic acid groups (broad SMARTS) is 1. The van der Waals surface area contributed by atoms with Gasteiger partial charge in [0.15, 0.2) is 5.69 Å². The first-order chi connectivity index (χ1) is 10.5. The summed E-state index contributed by atoms with van der Waals surface area (Å²) in [5, 5.41) is 11.9. The zero-order chi connectivity index (χ0) is 16.1. The number of ether oxygens (including phenoxy) is 1. The highest BCUT2D eigenvalue weighted by molar-refractivity contribution is 5.86. The third kappa shape index (κ3) is 4.18. The van der Waals surface area contributed by atoms with Crippen molar-refractivity contribution in [1.29, 1.82) is 0 Å². The summed E-state index contributed by atoms with van der Waals surface area (Å²) in [6.07, 6.45) is 0.433. The van der Waals surface area contributed by atoms with Gasteiger partial charge in [0.1, 0.15) is 17.4 Å². The van der Waals surface area contributed by atoms with E-state index < -0.39 is 5.97 Å². The Kier molecular flexibility index (Phi) is 4.93. The fraction of sp³-hybridized carbons (Fsp3) is 0.312. The van der Waals surface area contributed by atoms with Gasteiger partial charge in [0.05, 0.1) is 6.61 Å². The largest absolute Gasteiger partial charge is 0.493 e. The molecule has 6 heteroatoms. The van der Waals surface area contributed by atoms with Crippen molar-refractivity contribution in [2.75, 3.05) is 19.0 Å². The van der Waals surface area contributed by atoms with E-state index in [-0.39, 0.29) is 5.69 Å². The first kappa shape index (κ1) is 15.8. The Morgan fingerprint density at radius 2 is 1.86 bits per heavy atom. The smallest absolute Gasteiger partial charge is 0.354 e. The molecular weight excluding hydrogens is 282 g/mol. The number of carboxylic acids is 1. The molecule has 0 radical (unpaired) electrons. The van der Waals surface area contributed by atoms with Crippen LogP contribution in [0, 0.1) is 13.8 Å².